The normalized spacial score (nSPS) is 16.9. The fraction of sp³-hybridized carbons (Fsp3) is 0.455. The van der Waals surface area contributed by atoms with Crippen LogP contribution < -0.4 is 5.32 Å². The average molecular weight is 424 g/mol. The van der Waals surface area contributed by atoms with Crippen LogP contribution in [-0.4, -0.2) is 43.5 Å². The van der Waals surface area contributed by atoms with Crippen molar-refractivity contribution < 1.29 is 13.6 Å². The Bertz CT molecular complexity index is 1100. The van der Waals surface area contributed by atoms with Gasteiger partial charge in [0.1, 0.15) is 5.82 Å². The molecule has 8 nitrogen and oxygen atoms in total. The first kappa shape index (κ1) is 19.7. The maximum Gasteiger partial charge on any atom is 0.317 e. The molecule has 1 saturated carbocycles. The second-order valence-corrected chi connectivity index (χ2v) is 8.25. The van der Waals surface area contributed by atoms with Gasteiger partial charge in [0.05, 0.1) is 12.1 Å². The standard InChI is InChI=1S/C22H25FN6O2/c1-28-18-11-12-29(22(30)24-14-7-3-2-4-8-14)13-16(18)19(27-28)21-26-25-20(31-21)15-9-5-6-10-17(15)23/h5-6,9-10,14H,2-4,7-8,11-13H2,1H3,(H,24,30). The van der Waals surface area contributed by atoms with Gasteiger partial charge in [0, 0.05) is 37.3 Å². The maximum atomic E-state index is 14.1. The molecule has 0 saturated heterocycles. The van der Waals surface area contributed by atoms with E-state index in [1.807, 2.05) is 11.9 Å². The van der Waals surface area contributed by atoms with Gasteiger partial charge in [0.15, 0.2) is 5.69 Å². The van der Waals surface area contributed by atoms with E-state index >= 15 is 0 Å². The highest BCUT2D eigenvalue weighted by Crippen LogP contribution is 2.31. The van der Waals surface area contributed by atoms with Crippen molar-refractivity contribution in [2.24, 2.45) is 7.05 Å². The Hall–Kier alpha value is -3.23. The molecule has 162 valence electrons. The van der Waals surface area contributed by atoms with Crippen molar-refractivity contribution in [3.63, 3.8) is 0 Å². The number of halogens is 1. The molecule has 1 N–H and O–H groups in total. The third-order valence-corrected chi connectivity index (χ3v) is 6.19. The van der Waals surface area contributed by atoms with Crippen LogP contribution in [0.5, 0.6) is 0 Å². The Kier molecular flexibility index (Phi) is 5.17. The molecule has 5 rings (SSSR count). The lowest BCUT2D eigenvalue weighted by Gasteiger charge is -2.31. The maximum absolute atomic E-state index is 14.1. The van der Waals surface area contributed by atoms with Gasteiger partial charge in [-0.2, -0.15) is 5.10 Å². The summed E-state index contributed by atoms with van der Waals surface area (Å²) in [5.74, 6) is -0.0915. The Balaban J connectivity index is 1.38. The quantitative estimate of drug-likeness (QED) is 0.693. The topological polar surface area (TPSA) is 89.1 Å². The highest BCUT2D eigenvalue weighted by molar-refractivity contribution is 5.75. The monoisotopic (exact) mass is 424 g/mol. The molecule has 31 heavy (non-hydrogen) atoms. The highest BCUT2D eigenvalue weighted by atomic mass is 19.1. The molecular weight excluding hydrogens is 399 g/mol. The molecule has 2 amide bonds. The predicted octanol–water partition coefficient (Wildman–Crippen LogP) is 3.68. The Labute approximate surface area is 179 Å². The van der Waals surface area contributed by atoms with Crippen molar-refractivity contribution in [1.82, 2.24) is 30.2 Å². The Morgan fingerprint density at radius 2 is 1.94 bits per heavy atom. The van der Waals surface area contributed by atoms with E-state index in [4.69, 9.17) is 4.42 Å². The number of aryl methyl sites for hydroxylation is 1. The molecule has 0 bridgehead atoms. The van der Waals surface area contributed by atoms with Crippen LogP contribution in [0.1, 0.15) is 43.4 Å². The lowest BCUT2D eigenvalue weighted by Crippen LogP contribution is -2.47. The number of nitrogens with zero attached hydrogens (tertiary/aromatic N) is 5. The summed E-state index contributed by atoms with van der Waals surface area (Å²) in [6.07, 6.45) is 6.38. The molecule has 9 heteroatoms. The van der Waals surface area contributed by atoms with Gasteiger partial charge in [-0.3, -0.25) is 4.68 Å². The lowest BCUT2D eigenvalue weighted by atomic mass is 9.95. The largest absolute Gasteiger partial charge is 0.414 e. The van der Waals surface area contributed by atoms with Crippen LogP contribution in [0.15, 0.2) is 28.7 Å². The van der Waals surface area contributed by atoms with Crippen LogP contribution in [0.3, 0.4) is 0 Å². The molecule has 0 radical (unpaired) electrons. The molecule has 2 aliphatic rings. The van der Waals surface area contributed by atoms with E-state index in [1.54, 1.807) is 22.9 Å². The first-order valence-electron chi connectivity index (χ1n) is 10.8. The lowest BCUT2D eigenvalue weighted by molar-refractivity contribution is 0.184. The van der Waals surface area contributed by atoms with Crippen molar-refractivity contribution in [2.45, 2.75) is 51.1 Å². The summed E-state index contributed by atoms with van der Waals surface area (Å²) in [7, 11) is 1.87. The number of carbonyl (C=O) groups excluding carboxylic acids is 1. The zero-order valence-electron chi connectivity index (χ0n) is 17.5. The summed E-state index contributed by atoms with van der Waals surface area (Å²) in [6.45, 7) is 1.06. The van der Waals surface area contributed by atoms with E-state index in [2.05, 4.69) is 20.6 Å². The summed E-state index contributed by atoms with van der Waals surface area (Å²) in [4.78, 5) is 14.7. The van der Waals surface area contributed by atoms with Crippen molar-refractivity contribution in [2.75, 3.05) is 6.54 Å². The summed E-state index contributed by atoms with van der Waals surface area (Å²) < 4.78 is 21.7. The van der Waals surface area contributed by atoms with Gasteiger partial charge in [-0.1, -0.05) is 31.4 Å². The van der Waals surface area contributed by atoms with E-state index in [9.17, 15) is 9.18 Å². The number of hydrogen-bond acceptors (Lipinski definition) is 5. The fourth-order valence-corrected chi connectivity index (χ4v) is 4.51. The van der Waals surface area contributed by atoms with E-state index in [1.165, 1.54) is 25.3 Å². The van der Waals surface area contributed by atoms with Crippen molar-refractivity contribution >= 4 is 6.03 Å². The number of amides is 2. The number of fused-ring (bicyclic) bond motifs is 1. The van der Waals surface area contributed by atoms with Gasteiger partial charge >= 0.3 is 6.03 Å². The van der Waals surface area contributed by atoms with Crippen LogP contribution in [0.4, 0.5) is 9.18 Å². The molecule has 2 aromatic heterocycles. The van der Waals surface area contributed by atoms with Gasteiger partial charge in [-0.15, -0.1) is 10.2 Å². The van der Waals surface area contributed by atoms with Crippen molar-refractivity contribution in [1.29, 1.82) is 0 Å². The van der Waals surface area contributed by atoms with Crippen LogP contribution in [0, 0.1) is 5.82 Å². The van der Waals surface area contributed by atoms with Gasteiger partial charge in [0.25, 0.3) is 11.8 Å². The molecule has 0 unspecified atom stereocenters. The van der Waals surface area contributed by atoms with Crippen LogP contribution in [-0.2, 0) is 20.0 Å². The second-order valence-electron chi connectivity index (χ2n) is 8.25. The summed E-state index contributed by atoms with van der Waals surface area (Å²) in [5.41, 5.74) is 2.74. The first-order chi connectivity index (χ1) is 15.1. The Morgan fingerprint density at radius 3 is 2.74 bits per heavy atom. The van der Waals surface area contributed by atoms with Gasteiger partial charge < -0.3 is 14.6 Å². The van der Waals surface area contributed by atoms with Crippen LogP contribution in [0.2, 0.25) is 0 Å². The average Bonchev–Trinajstić information content (AvgIpc) is 3.39. The van der Waals surface area contributed by atoms with E-state index in [0.29, 0.717) is 25.2 Å². The SMILES string of the molecule is Cn1nc(-c2nnc(-c3ccccc3F)o2)c2c1CCN(C(=O)NC1CCCCC1)C2. The van der Waals surface area contributed by atoms with E-state index in [-0.39, 0.29) is 29.4 Å². The Morgan fingerprint density at radius 1 is 1.16 bits per heavy atom. The van der Waals surface area contributed by atoms with Crippen LogP contribution >= 0.6 is 0 Å². The smallest absolute Gasteiger partial charge is 0.317 e. The van der Waals surface area contributed by atoms with E-state index < -0.39 is 5.82 Å². The molecule has 1 aliphatic carbocycles. The summed E-state index contributed by atoms with van der Waals surface area (Å²) in [6, 6.07) is 6.49. The molecule has 1 fully saturated rings. The third-order valence-electron chi connectivity index (χ3n) is 6.19. The zero-order valence-corrected chi connectivity index (χ0v) is 17.5. The fourth-order valence-electron chi connectivity index (χ4n) is 4.51. The number of urea groups is 1. The molecule has 0 atom stereocenters. The highest BCUT2D eigenvalue weighted by Gasteiger charge is 2.30. The second kappa shape index (κ2) is 8.13. The molecule has 3 aromatic rings. The minimum absolute atomic E-state index is 0.0371. The number of carbonyl (C=O) groups is 1. The third kappa shape index (κ3) is 3.80. The number of hydrogen-bond donors (Lipinski definition) is 1. The zero-order chi connectivity index (χ0) is 21.4. The minimum Gasteiger partial charge on any atom is -0.414 e. The van der Waals surface area contributed by atoms with Crippen LogP contribution in [0.25, 0.3) is 23.0 Å². The number of aromatic nitrogens is 4. The van der Waals surface area contributed by atoms with Crippen molar-refractivity contribution in [3.8, 4) is 23.0 Å². The number of rotatable bonds is 3. The first-order valence-corrected chi connectivity index (χ1v) is 10.8. The number of benzene rings is 1. The minimum atomic E-state index is -0.425. The van der Waals surface area contributed by atoms with Gasteiger partial charge in [-0.25, -0.2) is 9.18 Å². The molecule has 3 heterocycles. The van der Waals surface area contributed by atoms with Crippen molar-refractivity contribution in [3.05, 3.63) is 41.3 Å². The predicted molar refractivity (Wildman–Crippen MR) is 111 cm³/mol. The molecular formula is C22H25FN6O2. The molecule has 1 aromatic carbocycles. The van der Waals surface area contributed by atoms with Gasteiger partial charge in [0.2, 0.25) is 0 Å². The molecule has 0 spiro atoms. The summed E-state index contributed by atoms with van der Waals surface area (Å²) in [5, 5.41) is 15.9. The summed E-state index contributed by atoms with van der Waals surface area (Å²) >= 11 is 0. The molecule has 1 aliphatic heterocycles. The van der Waals surface area contributed by atoms with E-state index in [0.717, 1.165) is 24.1 Å². The number of nitrogens with one attached hydrogen (secondary N) is 1. The van der Waals surface area contributed by atoms with Gasteiger partial charge in [-0.05, 0) is 25.0 Å².